The highest BCUT2D eigenvalue weighted by Gasteiger charge is 2.10. The molecule has 0 saturated carbocycles. The maximum Gasteiger partial charge on any atom is 0.119 e. The summed E-state index contributed by atoms with van der Waals surface area (Å²) in [5, 5.41) is 8.80. The molecule has 0 bridgehead atoms. The van der Waals surface area contributed by atoms with E-state index < -0.39 is 0 Å². The van der Waals surface area contributed by atoms with Crippen LogP contribution in [-0.4, -0.2) is 6.61 Å². The minimum atomic E-state index is 0.293. The Morgan fingerprint density at radius 2 is 2.00 bits per heavy atom. The lowest BCUT2D eigenvalue weighted by atomic mass is 9.93. The van der Waals surface area contributed by atoms with Gasteiger partial charge in [0.25, 0.3) is 0 Å². The van der Waals surface area contributed by atoms with Crippen molar-refractivity contribution in [3.8, 4) is 11.8 Å². The molecule has 1 aromatic carbocycles. The van der Waals surface area contributed by atoms with Crippen molar-refractivity contribution in [2.75, 3.05) is 6.61 Å². The van der Waals surface area contributed by atoms with Crippen molar-refractivity contribution >= 4 is 0 Å². The lowest BCUT2D eigenvalue weighted by Gasteiger charge is -2.18. The second-order valence-corrected chi connectivity index (χ2v) is 5.25. The van der Waals surface area contributed by atoms with E-state index in [0.717, 1.165) is 24.3 Å². The van der Waals surface area contributed by atoms with Gasteiger partial charge in [-0.2, -0.15) is 5.26 Å². The number of rotatable bonds is 3. The highest BCUT2D eigenvalue weighted by atomic mass is 16.5. The van der Waals surface area contributed by atoms with Crippen molar-refractivity contribution in [1.29, 1.82) is 5.26 Å². The molecular formula is C14H19NO. The minimum absolute atomic E-state index is 0.293. The molecule has 0 aliphatic carbocycles. The van der Waals surface area contributed by atoms with Crippen LogP contribution in [0.25, 0.3) is 0 Å². The number of ether oxygens (including phenoxy) is 1. The Hall–Kier alpha value is -1.49. The number of hydrogen-bond acceptors (Lipinski definition) is 2. The first-order chi connectivity index (χ1) is 7.42. The van der Waals surface area contributed by atoms with Crippen molar-refractivity contribution in [3.63, 3.8) is 0 Å². The van der Waals surface area contributed by atoms with Crippen LogP contribution in [0, 0.1) is 23.7 Å². The molecule has 0 N–H and O–H groups in total. The number of benzene rings is 1. The van der Waals surface area contributed by atoms with Gasteiger partial charge in [0.05, 0.1) is 18.2 Å². The standard InChI is InChI=1S/C14H19NO/c1-11-9-13(6-5-12(11)10-15)16-8-7-14(2,3)4/h5-6,9H,7-8H2,1-4H3. The van der Waals surface area contributed by atoms with E-state index in [-0.39, 0.29) is 0 Å². The third-order valence-electron chi connectivity index (χ3n) is 2.44. The van der Waals surface area contributed by atoms with Gasteiger partial charge in [0.15, 0.2) is 0 Å². The Kier molecular flexibility index (Phi) is 3.95. The van der Waals surface area contributed by atoms with Crippen molar-refractivity contribution in [2.24, 2.45) is 5.41 Å². The van der Waals surface area contributed by atoms with Gasteiger partial charge in [0.1, 0.15) is 5.75 Å². The lowest BCUT2D eigenvalue weighted by Crippen LogP contribution is -2.11. The van der Waals surface area contributed by atoms with Gasteiger partial charge in [0.2, 0.25) is 0 Å². The Bertz CT molecular complexity index is 396. The molecule has 2 heteroatoms. The third kappa shape index (κ3) is 3.94. The summed E-state index contributed by atoms with van der Waals surface area (Å²) in [6.45, 7) is 9.23. The molecule has 0 atom stereocenters. The highest BCUT2D eigenvalue weighted by Crippen LogP contribution is 2.21. The van der Waals surface area contributed by atoms with E-state index in [9.17, 15) is 0 Å². The molecule has 1 rings (SSSR count). The summed E-state index contributed by atoms with van der Waals surface area (Å²) in [6, 6.07) is 7.73. The maximum atomic E-state index is 8.80. The van der Waals surface area contributed by atoms with E-state index in [0.29, 0.717) is 11.0 Å². The fraction of sp³-hybridized carbons (Fsp3) is 0.500. The van der Waals surface area contributed by atoms with E-state index in [1.165, 1.54) is 0 Å². The number of hydrogen-bond donors (Lipinski definition) is 0. The van der Waals surface area contributed by atoms with Crippen LogP contribution in [0.3, 0.4) is 0 Å². The Labute approximate surface area is 97.9 Å². The van der Waals surface area contributed by atoms with Crippen LogP contribution in [0.1, 0.15) is 38.3 Å². The molecule has 0 heterocycles. The van der Waals surface area contributed by atoms with Gasteiger partial charge in [-0.15, -0.1) is 0 Å². The molecular weight excluding hydrogens is 198 g/mol. The van der Waals surface area contributed by atoms with Crippen LogP contribution in [0.2, 0.25) is 0 Å². The first-order valence-electron chi connectivity index (χ1n) is 5.56. The molecule has 2 nitrogen and oxygen atoms in total. The first kappa shape index (κ1) is 12.6. The Morgan fingerprint density at radius 1 is 1.31 bits per heavy atom. The van der Waals surface area contributed by atoms with Crippen LogP contribution in [-0.2, 0) is 0 Å². The Balaban J connectivity index is 2.57. The molecule has 0 radical (unpaired) electrons. The van der Waals surface area contributed by atoms with Crippen LogP contribution < -0.4 is 4.74 Å². The molecule has 1 aromatic rings. The van der Waals surface area contributed by atoms with Gasteiger partial charge < -0.3 is 4.74 Å². The van der Waals surface area contributed by atoms with Gasteiger partial charge in [-0.05, 0) is 42.5 Å². The second kappa shape index (κ2) is 5.03. The molecule has 86 valence electrons. The molecule has 0 unspecified atom stereocenters. The van der Waals surface area contributed by atoms with E-state index in [4.69, 9.17) is 10.00 Å². The van der Waals surface area contributed by atoms with E-state index >= 15 is 0 Å². The molecule has 0 aliphatic rings. The summed E-state index contributed by atoms with van der Waals surface area (Å²) in [7, 11) is 0. The van der Waals surface area contributed by atoms with E-state index in [1.807, 2.05) is 25.1 Å². The molecule has 0 spiro atoms. The quantitative estimate of drug-likeness (QED) is 0.773. The van der Waals surface area contributed by atoms with Gasteiger partial charge in [0, 0.05) is 0 Å². The monoisotopic (exact) mass is 217 g/mol. The molecule has 0 aliphatic heterocycles. The predicted molar refractivity (Wildman–Crippen MR) is 65.5 cm³/mol. The molecule has 0 aromatic heterocycles. The summed E-state index contributed by atoms with van der Waals surface area (Å²) < 4.78 is 5.65. The average molecular weight is 217 g/mol. The van der Waals surface area contributed by atoms with Crippen LogP contribution in [0.5, 0.6) is 5.75 Å². The predicted octanol–water partition coefficient (Wildman–Crippen LogP) is 3.68. The summed E-state index contributed by atoms with van der Waals surface area (Å²) in [5.41, 5.74) is 1.97. The lowest BCUT2D eigenvalue weighted by molar-refractivity contribution is 0.243. The van der Waals surface area contributed by atoms with E-state index in [1.54, 1.807) is 0 Å². The van der Waals surface area contributed by atoms with Crippen LogP contribution >= 0.6 is 0 Å². The van der Waals surface area contributed by atoms with Gasteiger partial charge in [-0.25, -0.2) is 0 Å². The van der Waals surface area contributed by atoms with Gasteiger partial charge in [-0.1, -0.05) is 20.8 Å². The summed E-state index contributed by atoms with van der Waals surface area (Å²) in [6.07, 6.45) is 1.02. The molecule has 0 saturated heterocycles. The average Bonchev–Trinajstić information content (AvgIpc) is 2.16. The number of nitrogens with zero attached hydrogens (tertiary/aromatic N) is 1. The van der Waals surface area contributed by atoms with Crippen molar-refractivity contribution < 1.29 is 4.74 Å². The van der Waals surface area contributed by atoms with Gasteiger partial charge >= 0.3 is 0 Å². The fourth-order valence-corrected chi connectivity index (χ4v) is 1.33. The first-order valence-corrected chi connectivity index (χ1v) is 5.56. The normalized spacial score (nSPS) is 10.9. The zero-order valence-electron chi connectivity index (χ0n) is 10.5. The van der Waals surface area contributed by atoms with Crippen molar-refractivity contribution in [2.45, 2.75) is 34.1 Å². The molecule has 0 fully saturated rings. The maximum absolute atomic E-state index is 8.80. The van der Waals surface area contributed by atoms with Crippen molar-refractivity contribution in [3.05, 3.63) is 29.3 Å². The Morgan fingerprint density at radius 3 is 2.50 bits per heavy atom. The smallest absolute Gasteiger partial charge is 0.119 e. The summed E-state index contributed by atoms with van der Waals surface area (Å²) in [4.78, 5) is 0. The second-order valence-electron chi connectivity index (χ2n) is 5.25. The van der Waals surface area contributed by atoms with Crippen molar-refractivity contribution in [1.82, 2.24) is 0 Å². The third-order valence-corrected chi connectivity index (χ3v) is 2.44. The minimum Gasteiger partial charge on any atom is -0.494 e. The molecule has 16 heavy (non-hydrogen) atoms. The van der Waals surface area contributed by atoms with Gasteiger partial charge in [-0.3, -0.25) is 0 Å². The molecule has 0 amide bonds. The van der Waals surface area contributed by atoms with E-state index in [2.05, 4.69) is 26.8 Å². The largest absolute Gasteiger partial charge is 0.494 e. The van der Waals surface area contributed by atoms with Crippen LogP contribution in [0.15, 0.2) is 18.2 Å². The highest BCUT2D eigenvalue weighted by molar-refractivity contribution is 5.41. The zero-order chi connectivity index (χ0) is 12.2. The fourth-order valence-electron chi connectivity index (χ4n) is 1.33. The SMILES string of the molecule is Cc1cc(OCCC(C)(C)C)ccc1C#N. The topological polar surface area (TPSA) is 33.0 Å². The van der Waals surface area contributed by atoms with Crippen LogP contribution in [0.4, 0.5) is 0 Å². The number of aryl methyl sites for hydroxylation is 1. The summed E-state index contributed by atoms with van der Waals surface area (Å²) in [5.74, 6) is 0.848. The zero-order valence-corrected chi connectivity index (χ0v) is 10.5. The summed E-state index contributed by atoms with van der Waals surface area (Å²) >= 11 is 0. The number of nitriles is 1.